The van der Waals surface area contributed by atoms with Gasteiger partial charge in [-0.1, -0.05) is 13.8 Å². The molecule has 0 aliphatic carbocycles. The van der Waals surface area contributed by atoms with E-state index in [0.29, 0.717) is 6.54 Å². The van der Waals surface area contributed by atoms with Crippen LogP contribution in [0.2, 0.25) is 0 Å². The number of carbonyl (C=O) groups excluding carboxylic acids is 1. The molecule has 1 saturated heterocycles. The molecule has 11 heteroatoms. The van der Waals surface area contributed by atoms with Gasteiger partial charge >= 0.3 is 6.18 Å². The second-order valence-electron chi connectivity index (χ2n) is 10.8. The number of aliphatic hydroxyl groups is 1. The zero-order chi connectivity index (χ0) is 27.0. The van der Waals surface area contributed by atoms with Crippen LogP contribution in [0, 0.1) is 5.92 Å². The van der Waals surface area contributed by atoms with Gasteiger partial charge in [0.15, 0.2) is 6.23 Å². The highest BCUT2D eigenvalue weighted by atomic mass is 32.1. The van der Waals surface area contributed by atoms with E-state index in [0.717, 1.165) is 36.4 Å². The number of anilines is 1. The Hall–Kier alpha value is -2.24. The van der Waals surface area contributed by atoms with E-state index in [4.69, 9.17) is 0 Å². The molecule has 7 nitrogen and oxygen atoms in total. The summed E-state index contributed by atoms with van der Waals surface area (Å²) in [5, 5.41) is 16.9. The van der Waals surface area contributed by atoms with E-state index in [9.17, 15) is 23.1 Å². The molecule has 1 aliphatic heterocycles. The largest absolute Gasteiger partial charge is 0.417 e. The maximum absolute atomic E-state index is 14.2. The van der Waals surface area contributed by atoms with Gasteiger partial charge in [-0.05, 0) is 59.4 Å². The van der Waals surface area contributed by atoms with Gasteiger partial charge in [0, 0.05) is 35.9 Å². The van der Waals surface area contributed by atoms with Crippen molar-refractivity contribution in [2.24, 2.45) is 5.92 Å². The molecule has 200 valence electrons. The fraction of sp³-hybridized carbons (Fsp3) is 0.640. The highest BCUT2D eigenvalue weighted by molar-refractivity contribution is 7.15. The quantitative estimate of drug-likeness (QED) is 0.401. The lowest BCUT2D eigenvalue weighted by molar-refractivity contribution is -0.137. The topological polar surface area (TPSA) is 90.4 Å². The molecule has 0 aromatic carbocycles. The highest BCUT2D eigenvalue weighted by Gasteiger charge is 2.38. The first-order valence-electron chi connectivity index (χ1n) is 12.2. The van der Waals surface area contributed by atoms with Crippen LogP contribution in [-0.4, -0.2) is 50.0 Å². The first-order valence-corrected chi connectivity index (χ1v) is 13.0. The third-order valence-electron chi connectivity index (χ3n) is 6.27. The number of amides is 1. The molecule has 36 heavy (non-hydrogen) atoms. The molecule has 2 aromatic rings. The SMILES string of the molecule is CC(C)[C@@H](C)NC(O)c1nc(C(=O)N2CCC[C@@H]2C)c(-c2cnc(NC(C)(C)C)cc2C(F)(F)F)s1. The van der Waals surface area contributed by atoms with E-state index < -0.39 is 29.4 Å². The van der Waals surface area contributed by atoms with Crippen molar-refractivity contribution in [1.29, 1.82) is 0 Å². The van der Waals surface area contributed by atoms with Crippen LogP contribution in [0.15, 0.2) is 12.3 Å². The van der Waals surface area contributed by atoms with Crippen LogP contribution in [0.1, 0.15) is 88.6 Å². The number of pyridine rings is 1. The zero-order valence-corrected chi connectivity index (χ0v) is 22.6. The number of aliphatic hydroxyl groups excluding tert-OH is 1. The molecule has 3 N–H and O–H groups in total. The number of hydrogen-bond donors (Lipinski definition) is 3. The van der Waals surface area contributed by atoms with E-state index in [1.54, 1.807) is 4.90 Å². The standard InChI is InChI=1S/C25H36F3N5O2S/c1-13(2)15(4)30-21(34)22-31-19(23(35)33-10-8-9-14(33)3)20(36-22)16-12-29-18(32-24(5,6)7)11-17(16)25(26,27)28/h11-15,21,30,34H,8-10H2,1-7H3,(H,29,32)/t14-,15+,21?/m0/s1. The van der Waals surface area contributed by atoms with Crippen LogP contribution in [-0.2, 0) is 6.18 Å². The molecule has 3 heterocycles. The molecular formula is C25H36F3N5O2S. The van der Waals surface area contributed by atoms with Crippen molar-refractivity contribution in [2.45, 2.75) is 91.3 Å². The number of nitrogens with one attached hydrogen (secondary N) is 2. The Kier molecular flexibility index (Phi) is 8.36. The smallest absolute Gasteiger partial charge is 0.372 e. The summed E-state index contributed by atoms with van der Waals surface area (Å²) in [4.78, 5) is 23.8. The molecule has 1 amide bonds. The van der Waals surface area contributed by atoms with E-state index >= 15 is 0 Å². The summed E-state index contributed by atoms with van der Waals surface area (Å²) < 4.78 is 42.7. The number of nitrogens with zero attached hydrogens (tertiary/aromatic N) is 3. The van der Waals surface area contributed by atoms with Gasteiger partial charge in [-0.3, -0.25) is 10.1 Å². The lowest BCUT2D eigenvalue weighted by Crippen LogP contribution is -2.35. The van der Waals surface area contributed by atoms with Crippen LogP contribution < -0.4 is 10.6 Å². The summed E-state index contributed by atoms with van der Waals surface area (Å²) in [6, 6.07) is 0.834. The zero-order valence-electron chi connectivity index (χ0n) is 21.8. The van der Waals surface area contributed by atoms with Crippen molar-refractivity contribution < 1.29 is 23.1 Å². The lowest BCUT2D eigenvalue weighted by Gasteiger charge is -2.23. The third kappa shape index (κ3) is 6.54. The summed E-state index contributed by atoms with van der Waals surface area (Å²) in [6.07, 6.45) is -3.15. The van der Waals surface area contributed by atoms with Gasteiger partial charge in [0.25, 0.3) is 5.91 Å². The maximum atomic E-state index is 14.2. The van der Waals surface area contributed by atoms with Crippen molar-refractivity contribution in [3.63, 3.8) is 0 Å². The molecule has 0 radical (unpaired) electrons. The van der Waals surface area contributed by atoms with Crippen molar-refractivity contribution in [1.82, 2.24) is 20.2 Å². The van der Waals surface area contributed by atoms with E-state index in [1.807, 2.05) is 48.5 Å². The molecule has 3 rings (SSSR count). The molecule has 2 aromatic heterocycles. The molecule has 0 bridgehead atoms. The van der Waals surface area contributed by atoms with E-state index in [-0.39, 0.29) is 45.0 Å². The fourth-order valence-corrected chi connectivity index (χ4v) is 5.02. The predicted octanol–water partition coefficient (Wildman–Crippen LogP) is 5.68. The van der Waals surface area contributed by atoms with Gasteiger partial charge in [-0.25, -0.2) is 9.97 Å². The molecule has 1 fully saturated rings. The Morgan fingerprint density at radius 1 is 1.25 bits per heavy atom. The minimum atomic E-state index is -4.69. The maximum Gasteiger partial charge on any atom is 0.417 e. The summed E-state index contributed by atoms with van der Waals surface area (Å²) >= 11 is 0.881. The van der Waals surface area contributed by atoms with Gasteiger partial charge in [-0.15, -0.1) is 11.3 Å². The Balaban J connectivity index is 2.14. The fourth-order valence-electron chi connectivity index (χ4n) is 3.99. The molecule has 0 saturated carbocycles. The summed E-state index contributed by atoms with van der Waals surface area (Å²) in [5.41, 5.74) is -1.73. The first-order chi connectivity index (χ1) is 16.6. The van der Waals surface area contributed by atoms with Crippen molar-refractivity contribution in [3.05, 3.63) is 28.5 Å². The van der Waals surface area contributed by atoms with Crippen molar-refractivity contribution in [3.8, 4) is 10.4 Å². The van der Waals surface area contributed by atoms with Gasteiger partial charge in [0.1, 0.15) is 16.5 Å². The van der Waals surface area contributed by atoms with Crippen LogP contribution in [0.4, 0.5) is 19.0 Å². The Labute approximate surface area is 214 Å². The third-order valence-corrected chi connectivity index (χ3v) is 7.41. The number of halogens is 3. The van der Waals surface area contributed by atoms with Crippen molar-refractivity contribution in [2.75, 3.05) is 11.9 Å². The van der Waals surface area contributed by atoms with Crippen molar-refractivity contribution >= 4 is 23.1 Å². The molecular weight excluding hydrogens is 491 g/mol. The average Bonchev–Trinajstić information content (AvgIpc) is 3.38. The number of hydrogen-bond acceptors (Lipinski definition) is 7. The monoisotopic (exact) mass is 527 g/mol. The van der Waals surface area contributed by atoms with Crippen LogP contribution in [0.25, 0.3) is 10.4 Å². The molecule has 1 aliphatic rings. The number of carbonyl (C=O) groups is 1. The number of rotatable bonds is 7. The normalized spacial score (nSPS) is 18.6. The van der Waals surface area contributed by atoms with Gasteiger partial charge in [0.2, 0.25) is 0 Å². The van der Waals surface area contributed by atoms with Crippen LogP contribution in [0.3, 0.4) is 0 Å². The predicted molar refractivity (Wildman–Crippen MR) is 136 cm³/mol. The van der Waals surface area contributed by atoms with Gasteiger partial charge in [0.05, 0.1) is 10.4 Å². The molecule has 1 unspecified atom stereocenters. The van der Waals surface area contributed by atoms with Gasteiger partial charge < -0.3 is 15.3 Å². The highest BCUT2D eigenvalue weighted by Crippen LogP contribution is 2.42. The molecule has 0 spiro atoms. The van der Waals surface area contributed by atoms with Gasteiger partial charge in [-0.2, -0.15) is 13.2 Å². The first kappa shape index (κ1) is 28.3. The number of likely N-dealkylation sites (tertiary alicyclic amines) is 1. The van der Waals surface area contributed by atoms with Crippen LogP contribution in [0.5, 0.6) is 0 Å². The lowest BCUT2D eigenvalue weighted by atomic mass is 10.0. The number of aromatic nitrogens is 2. The summed E-state index contributed by atoms with van der Waals surface area (Å²) in [7, 11) is 0. The minimum absolute atomic E-state index is 0.0434. The summed E-state index contributed by atoms with van der Waals surface area (Å²) in [6.45, 7) is 13.8. The summed E-state index contributed by atoms with van der Waals surface area (Å²) in [5.74, 6) is -0.155. The Morgan fingerprint density at radius 3 is 2.44 bits per heavy atom. The van der Waals surface area contributed by atoms with E-state index in [2.05, 4.69) is 20.6 Å². The second kappa shape index (κ2) is 10.6. The Bertz CT molecular complexity index is 1080. The number of alkyl halides is 3. The van der Waals surface area contributed by atoms with Crippen LogP contribution >= 0.6 is 11.3 Å². The molecule has 3 atom stereocenters. The minimum Gasteiger partial charge on any atom is -0.372 e. The number of thiazole rings is 1. The van der Waals surface area contributed by atoms with E-state index in [1.165, 1.54) is 0 Å². The second-order valence-corrected chi connectivity index (χ2v) is 11.8. The average molecular weight is 528 g/mol. The Morgan fingerprint density at radius 2 is 1.92 bits per heavy atom.